The molecule has 144 valence electrons. The van der Waals surface area contributed by atoms with Crippen molar-refractivity contribution in [1.82, 2.24) is 19.6 Å². The molecule has 1 aliphatic heterocycles. The van der Waals surface area contributed by atoms with Gasteiger partial charge >= 0.3 is 5.97 Å². The third-order valence-corrected chi connectivity index (χ3v) is 7.27. The lowest BCUT2D eigenvalue weighted by Gasteiger charge is -2.26. The number of aromatic nitrogens is 4. The molecule has 3 aromatic heterocycles. The summed E-state index contributed by atoms with van der Waals surface area (Å²) in [5.74, 6) is 0.349. The molecular weight excluding hydrogens is 404 g/mol. The molecule has 0 radical (unpaired) electrons. The Labute approximate surface area is 169 Å². The maximum atomic E-state index is 11.5. The fourth-order valence-electron chi connectivity index (χ4n) is 3.16. The van der Waals surface area contributed by atoms with Crippen molar-refractivity contribution in [2.24, 2.45) is 5.92 Å². The quantitative estimate of drug-likeness (QED) is 0.350. The molecule has 0 saturated carbocycles. The van der Waals surface area contributed by atoms with Crippen LogP contribution in [0.3, 0.4) is 0 Å². The number of rotatable bonds is 5. The highest BCUT2D eigenvalue weighted by molar-refractivity contribution is 8.00. The molecule has 7 nitrogen and oxygen atoms in total. The summed E-state index contributed by atoms with van der Waals surface area (Å²) in [6.45, 7) is 4.99. The minimum absolute atomic E-state index is 0.189. The molecule has 27 heavy (non-hydrogen) atoms. The Balaban J connectivity index is 1.86. The molecule has 3 aromatic rings. The van der Waals surface area contributed by atoms with Crippen LogP contribution in [0.2, 0.25) is 0 Å². The zero-order valence-electron chi connectivity index (χ0n) is 15.5. The van der Waals surface area contributed by atoms with E-state index < -0.39 is 0 Å². The number of hydrogen-bond donors (Lipinski definition) is 0. The first-order valence-corrected chi connectivity index (χ1v) is 11.6. The number of fused-ring (bicyclic) bond motifs is 5. The molecule has 0 N–H and O–H groups in total. The molecule has 0 aromatic carbocycles. The molecule has 0 unspecified atom stereocenters. The normalized spacial score (nSPS) is 17.0. The van der Waals surface area contributed by atoms with Gasteiger partial charge in [0.1, 0.15) is 4.83 Å². The van der Waals surface area contributed by atoms with Gasteiger partial charge in [-0.1, -0.05) is 37.4 Å². The Bertz CT molecular complexity index is 1010. The van der Waals surface area contributed by atoms with E-state index in [1.807, 2.05) is 10.7 Å². The average molecular weight is 425 g/mol. The number of carbonyl (C=O) groups is 1. The van der Waals surface area contributed by atoms with Gasteiger partial charge in [-0.2, -0.15) is 0 Å². The van der Waals surface area contributed by atoms with E-state index in [1.165, 1.54) is 29.3 Å². The van der Waals surface area contributed by atoms with E-state index in [4.69, 9.17) is 14.5 Å². The highest BCUT2D eigenvalue weighted by atomic mass is 32.2. The number of carbonyl (C=O) groups excluding carboxylic acids is 1. The van der Waals surface area contributed by atoms with Crippen LogP contribution in [0.25, 0.3) is 15.9 Å². The zero-order chi connectivity index (χ0) is 19.1. The Morgan fingerprint density at radius 2 is 2.22 bits per heavy atom. The summed E-state index contributed by atoms with van der Waals surface area (Å²) in [4.78, 5) is 18.6. The van der Waals surface area contributed by atoms with Crippen molar-refractivity contribution in [3.8, 4) is 0 Å². The maximum absolute atomic E-state index is 11.5. The summed E-state index contributed by atoms with van der Waals surface area (Å²) in [6, 6.07) is 0. The lowest BCUT2D eigenvalue weighted by atomic mass is 9.96. The van der Waals surface area contributed by atoms with Gasteiger partial charge in [-0.05, 0) is 17.7 Å². The van der Waals surface area contributed by atoms with Crippen LogP contribution in [-0.2, 0) is 27.3 Å². The van der Waals surface area contributed by atoms with Crippen LogP contribution in [0.4, 0.5) is 0 Å². The average Bonchev–Trinajstić information content (AvgIpc) is 3.25. The number of thioether (sulfide) groups is 2. The number of methoxy groups -OCH3 is 1. The Morgan fingerprint density at radius 3 is 2.93 bits per heavy atom. The maximum Gasteiger partial charge on any atom is 0.316 e. The van der Waals surface area contributed by atoms with Gasteiger partial charge in [0.05, 0.1) is 31.0 Å². The molecule has 0 saturated heterocycles. The number of nitrogens with zero attached hydrogens (tertiary/aromatic N) is 4. The zero-order valence-corrected chi connectivity index (χ0v) is 18.0. The third-order valence-electron chi connectivity index (χ3n) is 4.62. The third kappa shape index (κ3) is 3.32. The molecule has 4 heterocycles. The lowest BCUT2D eigenvalue weighted by molar-refractivity contribution is -0.137. The fourth-order valence-corrected chi connectivity index (χ4v) is 5.70. The first-order valence-electron chi connectivity index (χ1n) is 8.58. The summed E-state index contributed by atoms with van der Waals surface area (Å²) in [5, 5.41) is 11.3. The van der Waals surface area contributed by atoms with Crippen LogP contribution in [0, 0.1) is 5.92 Å². The summed E-state index contributed by atoms with van der Waals surface area (Å²) in [7, 11) is 1.38. The van der Waals surface area contributed by atoms with Crippen molar-refractivity contribution < 1.29 is 14.3 Å². The largest absolute Gasteiger partial charge is 0.468 e. The molecule has 0 spiro atoms. The van der Waals surface area contributed by atoms with Gasteiger partial charge in [0.15, 0.2) is 16.0 Å². The second-order valence-corrected chi connectivity index (χ2v) is 9.39. The van der Waals surface area contributed by atoms with Crippen molar-refractivity contribution >= 4 is 56.7 Å². The van der Waals surface area contributed by atoms with Crippen LogP contribution in [0.15, 0.2) is 10.3 Å². The highest BCUT2D eigenvalue weighted by Gasteiger charge is 2.29. The highest BCUT2D eigenvalue weighted by Crippen LogP contribution is 2.40. The SMILES string of the molecule is COC(=O)CSc1nnc2c3c4c(sc3nc(SC)n12)CO[C@@H](C(C)C)C4. The van der Waals surface area contributed by atoms with Crippen LogP contribution in [0.1, 0.15) is 24.3 Å². The van der Waals surface area contributed by atoms with Crippen LogP contribution in [-0.4, -0.2) is 50.8 Å². The van der Waals surface area contributed by atoms with E-state index in [-0.39, 0.29) is 17.8 Å². The van der Waals surface area contributed by atoms with Gasteiger partial charge in [-0.25, -0.2) is 9.38 Å². The summed E-state index contributed by atoms with van der Waals surface area (Å²) < 4.78 is 12.7. The minimum Gasteiger partial charge on any atom is -0.468 e. The van der Waals surface area contributed by atoms with E-state index in [1.54, 1.807) is 23.1 Å². The van der Waals surface area contributed by atoms with E-state index in [2.05, 4.69) is 24.0 Å². The number of ether oxygens (including phenoxy) is 2. The first kappa shape index (κ1) is 19.0. The fraction of sp³-hybridized carbons (Fsp3) is 0.529. The van der Waals surface area contributed by atoms with Gasteiger partial charge in [-0.15, -0.1) is 21.5 Å². The number of thiophene rings is 1. The molecule has 0 fully saturated rings. The van der Waals surface area contributed by atoms with Crippen molar-refractivity contribution in [3.63, 3.8) is 0 Å². The van der Waals surface area contributed by atoms with Crippen molar-refractivity contribution in [1.29, 1.82) is 0 Å². The molecule has 0 bridgehead atoms. The smallest absolute Gasteiger partial charge is 0.316 e. The monoisotopic (exact) mass is 424 g/mol. The van der Waals surface area contributed by atoms with Crippen molar-refractivity contribution in [2.45, 2.75) is 43.3 Å². The number of esters is 1. The van der Waals surface area contributed by atoms with Gasteiger partial charge in [0.25, 0.3) is 0 Å². The van der Waals surface area contributed by atoms with Gasteiger partial charge in [0, 0.05) is 11.3 Å². The molecule has 1 aliphatic rings. The topological polar surface area (TPSA) is 78.6 Å². The van der Waals surface area contributed by atoms with Gasteiger partial charge in [0.2, 0.25) is 0 Å². The minimum atomic E-state index is -0.290. The second kappa shape index (κ2) is 7.57. The van der Waals surface area contributed by atoms with Crippen LogP contribution >= 0.6 is 34.9 Å². The van der Waals surface area contributed by atoms with E-state index in [9.17, 15) is 4.79 Å². The molecule has 1 atom stereocenters. The predicted molar refractivity (Wildman–Crippen MR) is 108 cm³/mol. The lowest BCUT2D eigenvalue weighted by Crippen LogP contribution is -2.26. The van der Waals surface area contributed by atoms with Crippen LogP contribution in [0.5, 0.6) is 0 Å². The molecular formula is C17H20N4O3S3. The van der Waals surface area contributed by atoms with E-state index >= 15 is 0 Å². The summed E-state index contributed by atoms with van der Waals surface area (Å²) in [6.07, 6.45) is 3.04. The number of hydrogen-bond acceptors (Lipinski definition) is 9. The predicted octanol–water partition coefficient (Wildman–Crippen LogP) is 3.42. The first-order chi connectivity index (χ1) is 13.0. The van der Waals surface area contributed by atoms with Crippen molar-refractivity contribution in [3.05, 3.63) is 10.4 Å². The van der Waals surface area contributed by atoms with Gasteiger partial charge < -0.3 is 9.47 Å². The molecule has 10 heteroatoms. The van der Waals surface area contributed by atoms with E-state index in [0.717, 1.165) is 27.4 Å². The van der Waals surface area contributed by atoms with E-state index in [0.29, 0.717) is 17.7 Å². The molecule has 0 aliphatic carbocycles. The standard InChI is InChI=1S/C17H20N4O3S3/c1-8(2)10-5-9-11(6-24-10)27-15-13(9)14-19-20-17(26-7-12(22)23-3)21(14)16(18-15)25-4/h8,10H,5-7H2,1-4H3/t10-/m1/s1. The Hall–Kier alpha value is -1.36. The Morgan fingerprint density at radius 1 is 1.41 bits per heavy atom. The van der Waals surface area contributed by atoms with Crippen LogP contribution < -0.4 is 0 Å². The Kier molecular flexibility index (Phi) is 5.32. The molecule has 4 rings (SSSR count). The van der Waals surface area contributed by atoms with Crippen molar-refractivity contribution in [2.75, 3.05) is 19.1 Å². The summed E-state index contributed by atoms with van der Waals surface area (Å²) in [5.41, 5.74) is 2.08. The summed E-state index contributed by atoms with van der Waals surface area (Å²) >= 11 is 4.53. The molecule has 0 amide bonds. The van der Waals surface area contributed by atoms with Gasteiger partial charge in [-0.3, -0.25) is 4.79 Å². The second-order valence-electron chi connectivity index (χ2n) is 6.59.